The van der Waals surface area contributed by atoms with Gasteiger partial charge in [0, 0.05) is 51.2 Å². The van der Waals surface area contributed by atoms with Crippen LogP contribution in [0.3, 0.4) is 0 Å². The topological polar surface area (TPSA) is 48.5 Å². The van der Waals surface area contributed by atoms with Crippen molar-refractivity contribution in [1.82, 2.24) is 14.8 Å². The number of rotatable bonds is 4. The summed E-state index contributed by atoms with van der Waals surface area (Å²) in [7, 11) is 1.84. The molecule has 1 aliphatic rings. The van der Waals surface area contributed by atoms with E-state index in [0.717, 1.165) is 44.0 Å². The number of nitrogens with zero attached hydrogens (tertiary/aromatic N) is 3. The Labute approximate surface area is 127 Å². The van der Waals surface area contributed by atoms with Crippen molar-refractivity contribution in [3.8, 4) is 0 Å². The monoisotopic (exact) mass is 290 g/mol. The number of nitrogens with one attached hydrogen (secondary N) is 1. The molecule has 1 aromatic heterocycles. The molecule has 0 bridgehead atoms. The van der Waals surface area contributed by atoms with Crippen LogP contribution in [-0.2, 0) is 0 Å². The molecule has 1 N–H and O–H groups in total. The van der Waals surface area contributed by atoms with E-state index in [-0.39, 0.29) is 5.91 Å². The number of hydrogen-bond acceptors (Lipinski definition) is 4. The highest BCUT2D eigenvalue weighted by atomic mass is 16.2. The first kappa shape index (κ1) is 15.8. The van der Waals surface area contributed by atoms with Gasteiger partial charge in [-0.2, -0.15) is 0 Å². The van der Waals surface area contributed by atoms with E-state index in [1.54, 1.807) is 6.20 Å². The molecule has 116 valence electrons. The summed E-state index contributed by atoms with van der Waals surface area (Å²) in [6.45, 7) is 9.88. The number of piperazine rings is 1. The van der Waals surface area contributed by atoms with Gasteiger partial charge in [0.2, 0.25) is 0 Å². The van der Waals surface area contributed by atoms with Crippen molar-refractivity contribution >= 4 is 11.6 Å². The van der Waals surface area contributed by atoms with Crippen molar-refractivity contribution < 1.29 is 4.79 Å². The molecule has 2 rings (SSSR count). The van der Waals surface area contributed by atoms with E-state index in [2.05, 4.69) is 29.0 Å². The zero-order chi connectivity index (χ0) is 15.4. The summed E-state index contributed by atoms with van der Waals surface area (Å²) in [4.78, 5) is 21.3. The lowest BCUT2D eigenvalue weighted by atomic mass is 10.1. The smallest absolute Gasteiger partial charge is 0.257 e. The van der Waals surface area contributed by atoms with Crippen LogP contribution in [0, 0.1) is 6.92 Å². The van der Waals surface area contributed by atoms with Crippen LogP contribution in [0.5, 0.6) is 0 Å². The molecule has 0 aromatic carbocycles. The van der Waals surface area contributed by atoms with Gasteiger partial charge in [-0.15, -0.1) is 0 Å². The van der Waals surface area contributed by atoms with E-state index in [4.69, 9.17) is 0 Å². The molecule has 1 fully saturated rings. The van der Waals surface area contributed by atoms with Crippen LogP contribution >= 0.6 is 0 Å². The molecule has 1 amide bonds. The number of aromatic nitrogens is 1. The third-order valence-electron chi connectivity index (χ3n) is 4.36. The minimum atomic E-state index is 0.0793. The highest BCUT2D eigenvalue weighted by molar-refractivity contribution is 5.99. The zero-order valence-electron chi connectivity index (χ0n) is 13.5. The number of pyridine rings is 1. The number of anilines is 1. The molecule has 1 aromatic rings. The van der Waals surface area contributed by atoms with Crippen LogP contribution in [0.2, 0.25) is 0 Å². The van der Waals surface area contributed by atoms with Crippen molar-refractivity contribution in [3.05, 3.63) is 23.5 Å². The predicted octanol–water partition coefficient (Wildman–Crippen LogP) is 1.99. The Balaban J connectivity index is 2.05. The number of aryl methyl sites for hydroxylation is 1. The quantitative estimate of drug-likeness (QED) is 0.921. The van der Waals surface area contributed by atoms with Gasteiger partial charge in [0.15, 0.2) is 0 Å². The normalized spacial score (nSPS) is 17.6. The Morgan fingerprint density at radius 3 is 2.62 bits per heavy atom. The number of amides is 1. The summed E-state index contributed by atoms with van der Waals surface area (Å²) >= 11 is 0. The molecule has 0 spiro atoms. The van der Waals surface area contributed by atoms with Gasteiger partial charge in [0.05, 0.1) is 11.3 Å². The van der Waals surface area contributed by atoms with Crippen LogP contribution in [0.15, 0.2) is 12.3 Å². The third kappa shape index (κ3) is 3.53. The first-order chi connectivity index (χ1) is 10.1. The van der Waals surface area contributed by atoms with Crippen molar-refractivity contribution in [2.45, 2.75) is 33.2 Å². The van der Waals surface area contributed by atoms with Gasteiger partial charge in [-0.05, 0) is 26.3 Å². The fourth-order valence-electron chi connectivity index (χ4n) is 2.73. The summed E-state index contributed by atoms with van der Waals surface area (Å²) in [5.74, 6) is 0.0793. The molecule has 21 heavy (non-hydrogen) atoms. The molecular weight excluding hydrogens is 264 g/mol. The summed E-state index contributed by atoms with van der Waals surface area (Å²) in [6, 6.07) is 2.51. The average Bonchev–Trinajstić information content (AvgIpc) is 2.53. The second kappa shape index (κ2) is 6.89. The number of carbonyl (C=O) groups excluding carboxylic acids is 1. The maximum Gasteiger partial charge on any atom is 0.257 e. The van der Waals surface area contributed by atoms with Crippen molar-refractivity contribution in [2.24, 2.45) is 0 Å². The van der Waals surface area contributed by atoms with Crippen molar-refractivity contribution in [2.75, 3.05) is 38.5 Å². The average molecular weight is 290 g/mol. The second-order valence-electron chi connectivity index (χ2n) is 5.71. The largest absolute Gasteiger partial charge is 0.387 e. The Morgan fingerprint density at radius 1 is 1.38 bits per heavy atom. The standard InChI is InChI=1S/C16H26N4O/c1-5-13(3)19-6-8-20(9-7-19)16(21)14-11-18-12(2)10-15(14)17-4/h10-11,13H,5-9H2,1-4H3,(H,17,18). The summed E-state index contributed by atoms with van der Waals surface area (Å²) < 4.78 is 0. The van der Waals surface area contributed by atoms with Gasteiger partial charge in [-0.1, -0.05) is 6.92 Å². The number of carbonyl (C=O) groups is 1. The predicted molar refractivity (Wildman–Crippen MR) is 85.8 cm³/mol. The van der Waals surface area contributed by atoms with E-state index in [9.17, 15) is 4.79 Å². The maximum atomic E-state index is 12.7. The van der Waals surface area contributed by atoms with Crippen LogP contribution < -0.4 is 5.32 Å². The van der Waals surface area contributed by atoms with Gasteiger partial charge < -0.3 is 10.2 Å². The Bertz CT molecular complexity index is 495. The van der Waals surface area contributed by atoms with Crippen molar-refractivity contribution in [1.29, 1.82) is 0 Å². The molecule has 1 saturated heterocycles. The van der Waals surface area contributed by atoms with E-state index < -0.39 is 0 Å². The molecule has 2 heterocycles. The van der Waals surface area contributed by atoms with Gasteiger partial charge in [0.25, 0.3) is 5.91 Å². The highest BCUT2D eigenvalue weighted by Gasteiger charge is 2.25. The minimum absolute atomic E-state index is 0.0793. The lowest BCUT2D eigenvalue weighted by Crippen LogP contribution is -2.51. The summed E-state index contributed by atoms with van der Waals surface area (Å²) in [5, 5.41) is 3.09. The lowest BCUT2D eigenvalue weighted by Gasteiger charge is -2.38. The Kier molecular flexibility index (Phi) is 5.17. The van der Waals surface area contributed by atoms with Gasteiger partial charge >= 0.3 is 0 Å². The Morgan fingerprint density at radius 2 is 2.05 bits per heavy atom. The Hall–Kier alpha value is -1.62. The SMILES string of the molecule is CCC(C)N1CCN(C(=O)c2cnc(C)cc2NC)CC1. The summed E-state index contributed by atoms with van der Waals surface area (Å²) in [6.07, 6.45) is 2.84. The first-order valence-electron chi connectivity index (χ1n) is 7.74. The van der Waals surface area contributed by atoms with E-state index in [1.165, 1.54) is 0 Å². The molecule has 0 radical (unpaired) electrons. The highest BCUT2D eigenvalue weighted by Crippen LogP contribution is 2.19. The number of hydrogen-bond donors (Lipinski definition) is 1. The minimum Gasteiger partial charge on any atom is -0.387 e. The van der Waals surface area contributed by atoms with Gasteiger partial charge in [-0.3, -0.25) is 14.7 Å². The molecule has 1 atom stereocenters. The third-order valence-corrected chi connectivity index (χ3v) is 4.36. The maximum absolute atomic E-state index is 12.7. The van der Waals surface area contributed by atoms with Crippen LogP contribution in [-0.4, -0.2) is 60.0 Å². The van der Waals surface area contributed by atoms with E-state index in [0.29, 0.717) is 11.6 Å². The molecule has 0 aliphatic carbocycles. The van der Waals surface area contributed by atoms with Crippen molar-refractivity contribution in [3.63, 3.8) is 0 Å². The molecule has 5 heteroatoms. The van der Waals surface area contributed by atoms with Crippen LogP contribution in [0.1, 0.15) is 36.3 Å². The second-order valence-corrected chi connectivity index (χ2v) is 5.71. The molecular formula is C16H26N4O. The van der Waals surface area contributed by atoms with Crippen LogP contribution in [0.25, 0.3) is 0 Å². The van der Waals surface area contributed by atoms with E-state index in [1.807, 2.05) is 24.9 Å². The van der Waals surface area contributed by atoms with Gasteiger partial charge in [-0.25, -0.2) is 0 Å². The molecule has 1 aliphatic heterocycles. The first-order valence-corrected chi connectivity index (χ1v) is 7.74. The summed E-state index contributed by atoms with van der Waals surface area (Å²) in [5.41, 5.74) is 2.44. The van der Waals surface area contributed by atoms with E-state index >= 15 is 0 Å². The molecule has 1 unspecified atom stereocenters. The van der Waals surface area contributed by atoms with Crippen LogP contribution in [0.4, 0.5) is 5.69 Å². The molecule has 5 nitrogen and oxygen atoms in total. The fourth-order valence-corrected chi connectivity index (χ4v) is 2.73. The lowest BCUT2D eigenvalue weighted by molar-refractivity contribution is 0.0580. The zero-order valence-corrected chi connectivity index (χ0v) is 13.5. The fraction of sp³-hybridized carbons (Fsp3) is 0.625. The molecule has 0 saturated carbocycles. The van der Waals surface area contributed by atoms with Gasteiger partial charge in [0.1, 0.15) is 0 Å².